The van der Waals surface area contributed by atoms with Crippen molar-refractivity contribution in [1.82, 2.24) is 0 Å². The maximum atomic E-state index is 12.9. The highest BCUT2D eigenvalue weighted by molar-refractivity contribution is 6.09. The van der Waals surface area contributed by atoms with Crippen LogP contribution in [-0.2, 0) is 0 Å². The molecule has 0 saturated heterocycles. The van der Waals surface area contributed by atoms with Crippen molar-refractivity contribution in [2.75, 3.05) is 23.7 Å². The van der Waals surface area contributed by atoms with Gasteiger partial charge < -0.3 is 15.1 Å². The number of nitrogens with two attached hydrogens (primary N) is 1. The highest BCUT2D eigenvalue weighted by Crippen LogP contribution is 2.27. The fraction of sp³-hybridized carbons (Fsp3) is 0.111. The van der Waals surface area contributed by atoms with Crippen LogP contribution in [0.1, 0.15) is 16.1 Å². The molecule has 23 heavy (non-hydrogen) atoms. The molecule has 1 aliphatic heterocycles. The standard InChI is InChI=1S/C18H15N3O2/c19-14-5-6-15-13(9-14)11-20-7-8-21(15)18(22)17-10-12-3-1-2-4-16(12)23-17/h1-6,9-11H,7-8,19H2. The second kappa shape index (κ2) is 5.28. The largest absolute Gasteiger partial charge is 0.451 e. The van der Waals surface area contributed by atoms with Gasteiger partial charge in [-0.15, -0.1) is 0 Å². The van der Waals surface area contributed by atoms with Crippen molar-refractivity contribution < 1.29 is 9.21 Å². The molecule has 114 valence electrons. The lowest BCUT2D eigenvalue weighted by Gasteiger charge is -2.21. The Hall–Kier alpha value is -3.08. The minimum Gasteiger partial charge on any atom is -0.451 e. The van der Waals surface area contributed by atoms with Gasteiger partial charge in [0.25, 0.3) is 5.91 Å². The molecule has 1 aromatic heterocycles. The molecule has 0 unspecified atom stereocenters. The van der Waals surface area contributed by atoms with E-state index in [2.05, 4.69) is 4.99 Å². The van der Waals surface area contributed by atoms with Crippen molar-refractivity contribution in [2.45, 2.75) is 0 Å². The van der Waals surface area contributed by atoms with Crippen molar-refractivity contribution in [1.29, 1.82) is 0 Å². The van der Waals surface area contributed by atoms with Crippen LogP contribution in [0.25, 0.3) is 11.0 Å². The fourth-order valence-electron chi connectivity index (χ4n) is 2.79. The van der Waals surface area contributed by atoms with E-state index in [1.165, 1.54) is 0 Å². The molecule has 2 N–H and O–H groups in total. The first-order valence-electron chi connectivity index (χ1n) is 7.42. The van der Waals surface area contributed by atoms with Gasteiger partial charge in [-0.25, -0.2) is 0 Å². The van der Waals surface area contributed by atoms with Gasteiger partial charge in [-0.1, -0.05) is 18.2 Å². The van der Waals surface area contributed by atoms with E-state index in [1.54, 1.807) is 23.2 Å². The van der Waals surface area contributed by atoms with E-state index in [1.807, 2.05) is 36.4 Å². The molecule has 0 aliphatic carbocycles. The molecule has 5 nitrogen and oxygen atoms in total. The summed E-state index contributed by atoms with van der Waals surface area (Å²) in [5, 5.41) is 0.916. The molecule has 3 aromatic rings. The van der Waals surface area contributed by atoms with Crippen LogP contribution in [0, 0.1) is 0 Å². The number of nitrogen functional groups attached to an aromatic ring is 1. The van der Waals surface area contributed by atoms with Crippen molar-refractivity contribution in [3.8, 4) is 0 Å². The third kappa shape index (κ3) is 2.36. The van der Waals surface area contributed by atoms with Crippen LogP contribution in [0.15, 0.2) is 57.9 Å². The zero-order valence-electron chi connectivity index (χ0n) is 12.4. The second-order valence-electron chi connectivity index (χ2n) is 5.46. The molecular weight excluding hydrogens is 290 g/mol. The molecule has 0 bridgehead atoms. The average Bonchev–Trinajstić information content (AvgIpc) is 2.88. The van der Waals surface area contributed by atoms with E-state index in [0.29, 0.717) is 30.1 Å². The number of para-hydroxylation sites is 1. The lowest BCUT2D eigenvalue weighted by Crippen LogP contribution is -2.32. The predicted octanol–water partition coefficient (Wildman–Crippen LogP) is 3.09. The van der Waals surface area contributed by atoms with E-state index in [0.717, 1.165) is 16.6 Å². The number of nitrogens with zero attached hydrogens (tertiary/aromatic N) is 2. The van der Waals surface area contributed by atoms with Crippen molar-refractivity contribution >= 4 is 34.5 Å². The molecule has 0 saturated carbocycles. The van der Waals surface area contributed by atoms with Gasteiger partial charge in [-0.2, -0.15) is 0 Å². The van der Waals surface area contributed by atoms with Crippen LogP contribution in [0.2, 0.25) is 0 Å². The zero-order chi connectivity index (χ0) is 15.8. The van der Waals surface area contributed by atoms with Gasteiger partial charge in [0.15, 0.2) is 5.76 Å². The van der Waals surface area contributed by atoms with Crippen molar-refractivity contribution in [2.24, 2.45) is 4.99 Å². The molecule has 0 fully saturated rings. The van der Waals surface area contributed by atoms with Gasteiger partial charge in [0.1, 0.15) is 5.58 Å². The molecule has 5 heteroatoms. The number of amides is 1. The SMILES string of the molecule is Nc1ccc2c(c1)C=NCCN2C(=O)c1cc2ccccc2o1. The Morgan fingerprint density at radius 3 is 2.91 bits per heavy atom. The Morgan fingerprint density at radius 1 is 1.17 bits per heavy atom. The lowest BCUT2D eigenvalue weighted by atomic mass is 10.1. The molecule has 0 spiro atoms. The van der Waals surface area contributed by atoms with Crippen molar-refractivity contribution in [3.05, 3.63) is 59.9 Å². The van der Waals surface area contributed by atoms with Gasteiger partial charge in [0, 0.05) is 29.4 Å². The van der Waals surface area contributed by atoms with Gasteiger partial charge in [-0.3, -0.25) is 9.79 Å². The van der Waals surface area contributed by atoms with Crippen LogP contribution in [0.3, 0.4) is 0 Å². The Bertz CT molecular complexity index is 894. The summed E-state index contributed by atoms with van der Waals surface area (Å²) in [7, 11) is 0. The van der Waals surface area contributed by atoms with Gasteiger partial charge in [-0.05, 0) is 30.3 Å². The number of anilines is 2. The Kier molecular flexibility index (Phi) is 3.12. The summed E-state index contributed by atoms with van der Waals surface area (Å²) in [6.07, 6.45) is 1.76. The lowest BCUT2D eigenvalue weighted by molar-refractivity contribution is 0.0963. The Labute approximate surface area is 133 Å². The highest BCUT2D eigenvalue weighted by Gasteiger charge is 2.24. The fourth-order valence-corrected chi connectivity index (χ4v) is 2.79. The third-order valence-corrected chi connectivity index (χ3v) is 3.91. The summed E-state index contributed by atoms with van der Waals surface area (Å²) in [6, 6.07) is 14.8. The third-order valence-electron chi connectivity index (χ3n) is 3.91. The number of benzodiazepines with no additional fused rings is 1. The second-order valence-corrected chi connectivity index (χ2v) is 5.46. The van der Waals surface area contributed by atoms with E-state index < -0.39 is 0 Å². The molecule has 0 radical (unpaired) electrons. The number of carbonyl (C=O) groups excluding carboxylic acids is 1. The summed E-state index contributed by atoms with van der Waals surface area (Å²) in [5.74, 6) is 0.161. The van der Waals surface area contributed by atoms with Crippen LogP contribution >= 0.6 is 0 Å². The van der Waals surface area contributed by atoms with Gasteiger partial charge in [0.05, 0.1) is 12.2 Å². The zero-order valence-corrected chi connectivity index (χ0v) is 12.4. The number of fused-ring (bicyclic) bond motifs is 2. The Morgan fingerprint density at radius 2 is 2.04 bits per heavy atom. The van der Waals surface area contributed by atoms with E-state index in [9.17, 15) is 4.79 Å². The number of furan rings is 1. The quantitative estimate of drug-likeness (QED) is 0.702. The van der Waals surface area contributed by atoms with Crippen LogP contribution in [0.5, 0.6) is 0 Å². The molecule has 2 aromatic carbocycles. The first-order valence-corrected chi connectivity index (χ1v) is 7.42. The number of hydrogen-bond acceptors (Lipinski definition) is 4. The summed E-state index contributed by atoms with van der Waals surface area (Å²) in [6.45, 7) is 1.05. The van der Waals surface area contributed by atoms with Gasteiger partial charge >= 0.3 is 0 Å². The van der Waals surface area contributed by atoms with Gasteiger partial charge in [0.2, 0.25) is 0 Å². The minimum absolute atomic E-state index is 0.169. The number of aliphatic imine (C=N–C) groups is 1. The Balaban J connectivity index is 1.77. The smallest absolute Gasteiger partial charge is 0.294 e. The molecule has 1 aliphatic rings. The first-order chi connectivity index (χ1) is 11.2. The number of benzene rings is 2. The summed E-state index contributed by atoms with van der Waals surface area (Å²) >= 11 is 0. The topological polar surface area (TPSA) is 71.8 Å². The molecule has 0 atom stereocenters. The first kappa shape index (κ1) is 13.6. The number of rotatable bonds is 1. The molecular formula is C18H15N3O2. The summed E-state index contributed by atoms with van der Waals surface area (Å²) in [5.41, 5.74) is 8.82. The number of hydrogen-bond donors (Lipinski definition) is 1. The maximum Gasteiger partial charge on any atom is 0.294 e. The molecule has 2 heterocycles. The monoisotopic (exact) mass is 305 g/mol. The number of carbonyl (C=O) groups is 1. The summed E-state index contributed by atoms with van der Waals surface area (Å²) < 4.78 is 5.71. The average molecular weight is 305 g/mol. The van der Waals surface area contributed by atoms with Crippen LogP contribution < -0.4 is 10.6 Å². The molecule has 4 rings (SSSR count). The minimum atomic E-state index is -0.169. The van der Waals surface area contributed by atoms with Crippen molar-refractivity contribution in [3.63, 3.8) is 0 Å². The van der Waals surface area contributed by atoms with Crippen LogP contribution in [-0.4, -0.2) is 25.2 Å². The predicted molar refractivity (Wildman–Crippen MR) is 91.2 cm³/mol. The maximum absolute atomic E-state index is 12.9. The normalized spacial score (nSPS) is 13.8. The van der Waals surface area contributed by atoms with E-state index in [-0.39, 0.29) is 5.91 Å². The summed E-state index contributed by atoms with van der Waals surface area (Å²) in [4.78, 5) is 18.9. The van der Waals surface area contributed by atoms with E-state index >= 15 is 0 Å². The van der Waals surface area contributed by atoms with Crippen LogP contribution in [0.4, 0.5) is 11.4 Å². The van der Waals surface area contributed by atoms with E-state index in [4.69, 9.17) is 10.2 Å². The molecule has 1 amide bonds. The highest BCUT2D eigenvalue weighted by atomic mass is 16.3.